The number of nitrogens with zero attached hydrogens (tertiary/aromatic N) is 2. The molecule has 1 aliphatic rings. The second-order valence-electron chi connectivity index (χ2n) is 8.17. The molecule has 0 fully saturated rings. The van der Waals surface area contributed by atoms with Crippen LogP contribution in [0.3, 0.4) is 0 Å². The highest BCUT2D eigenvalue weighted by atomic mass is 16.3. The molecule has 0 saturated heterocycles. The summed E-state index contributed by atoms with van der Waals surface area (Å²) in [5.74, 6) is -0.246. The van der Waals surface area contributed by atoms with Crippen LogP contribution in [0.15, 0.2) is 77.5 Å². The molecule has 1 unspecified atom stereocenters. The molecule has 162 valence electrons. The summed E-state index contributed by atoms with van der Waals surface area (Å²) in [5, 5.41) is 4.11. The van der Waals surface area contributed by atoms with Gasteiger partial charge in [0.15, 0.2) is 5.76 Å². The summed E-state index contributed by atoms with van der Waals surface area (Å²) in [5.41, 5.74) is 4.01. The summed E-state index contributed by atoms with van der Waals surface area (Å²) in [6.07, 6.45) is 5.07. The monoisotopic (exact) mass is 427 g/mol. The second kappa shape index (κ2) is 8.38. The van der Waals surface area contributed by atoms with E-state index in [9.17, 15) is 9.59 Å². The third kappa shape index (κ3) is 3.68. The molecule has 0 radical (unpaired) electrons. The predicted molar refractivity (Wildman–Crippen MR) is 123 cm³/mol. The van der Waals surface area contributed by atoms with Gasteiger partial charge in [-0.25, -0.2) is 0 Å². The Labute approximate surface area is 186 Å². The Morgan fingerprint density at radius 2 is 1.91 bits per heavy atom. The number of hydrogen-bond acceptors (Lipinski definition) is 3. The lowest BCUT2D eigenvalue weighted by atomic mass is 9.93. The van der Waals surface area contributed by atoms with E-state index in [0.717, 1.165) is 40.7 Å². The molecule has 5 rings (SSSR count). The maximum Gasteiger partial charge on any atom is 0.290 e. The molecule has 6 nitrogen and oxygen atoms in total. The van der Waals surface area contributed by atoms with Crippen LogP contribution in [0.1, 0.15) is 35.0 Å². The first-order valence-corrected chi connectivity index (χ1v) is 10.9. The highest BCUT2D eigenvalue weighted by Gasteiger charge is 2.36. The fourth-order valence-electron chi connectivity index (χ4n) is 4.45. The van der Waals surface area contributed by atoms with Crippen molar-refractivity contribution in [3.05, 3.63) is 90.0 Å². The standard InChI is InChI=1S/C26H25N3O3/c1-2-12-28-13-11-19-15-21(9-10-22(19)28)27-25(30)23-16-18-6-3-4-7-20(18)17-29(23)26(31)24-8-5-14-32-24/h3-11,13-15,23H,2,12,16-17H2,1H3,(H,27,30). The molecule has 2 aromatic carbocycles. The summed E-state index contributed by atoms with van der Waals surface area (Å²) in [4.78, 5) is 28.1. The van der Waals surface area contributed by atoms with Gasteiger partial charge < -0.3 is 19.2 Å². The van der Waals surface area contributed by atoms with Gasteiger partial charge in [-0.1, -0.05) is 31.2 Å². The maximum absolute atomic E-state index is 13.4. The van der Waals surface area contributed by atoms with E-state index in [2.05, 4.69) is 29.1 Å². The number of fused-ring (bicyclic) bond motifs is 2. The molecule has 1 atom stereocenters. The van der Waals surface area contributed by atoms with Crippen molar-refractivity contribution in [3.8, 4) is 0 Å². The molecule has 32 heavy (non-hydrogen) atoms. The Balaban J connectivity index is 1.42. The summed E-state index contributed by atoms with van der Waals surface area (Å²) >= 11 is 0. The number of carbonyl (C=O) groups excluding carboxylic acids is 2. The van der Waals surface area contributed by atoms with Gasteiger partial charge in [-0.05, 0) is 53.9 Å². The van der Waals surface area contributed by atoms with Gasteiger partial charge in [0.1, 0.15) is 6.04 Å². The van der Waals surface area contributed by atoms with Crippen molar-refractivity contribution < 1.29 is 14.0 Å². The van der Waals surface area contributed by atoms with E-state index in [1.165, 1.54) is 6.26 Å². The lowest BCUT2D eigenvalue weighted by Gasteiger charge is -2.35. The molecule has 3 heterocycles. The predicted octanol–water partition coefficient (Wildman–Crippen LogP) is 4.85. The molecule has 1 N–H and O–H groups in total. The van der Waals surface area contributed by atoms with E-state index < -0.39 is 6.04 Å². The smallest absolute Gasteiger partial charge is 0.290 e. The van der Waals surface area contributed by atoms with Gasteiger partial charge in [-0.15, -0.1) is 0 Å². The summed E-state index contributed by atoms with van der Waals surface area (Å²) in [7, 11) is 0. The Hall–Kier alpha value is -3.80. The van der Waals surface area contributed by atoms with Crippen molar-refractivity contribution in [3.63, 3.8) is 0 Å². The zero-order valence-corrected chi connectivity index (χ0v) is 18.0. The first kappa shape index (κ1) is 20.1. The molecular weight excluding hydrogens is 402 g/mol. The maximum atomic E-state index is 13.4. The van der Waals surface area contributed by atoms with Crippen LogP contribution in [-0.2, 0) is 24.3 Å². The van der Waals surface area contributed by atoms with Crippen LogP contribution in [0.25, 0.3) is 10.9 Å². The number of carbonyl (C=O) groups is 2. The largest absolute Gasteiger partial charge is 0.459 e. The van der Waals surface area contributed by atoms with Crippen molar-refractivity contribution in [1.29, 1.82) is 0 Å². The van der Waals surface area contributed by atoms with Gasteiger partial charge in [-0.2, -0.15) is 0 Å². The summed E-state index contributed by atoms with van der Waals surface area (Å²) in [6, 6.07) is 18.6. The normalized spacial score (nSPS) is 15.5. The Bertz CT molecular complexity index is 1270. The van der Waals surface area contributed by atoms with E-state index >= 15 is 0 Å². The van der Waals surface area contributed by atoms with Crippen LogP contribution in [0.2, 0.25) is 0 Å². The van der Waals surface area contributed by atoms with Crippen LogP contribution < -0.4 is 5.32 Å². The highest BCUT2D eigenvalue weighted by Crippen LogP contribution is 2.27. The molecule has 0 saturated carbocycles. The summed E-state index contributed by atoms with van der Waals surface area (Å²) in [6.45, 7) is 3.48. The average Bonchev–Trinajstić information content (AvgIpc) is 3.48. The Kier molecular flexibility index (Phi) is 5.27. The topological polar surface area (TPSA) is 67.5 Å². The van der Waals surface area contributed by atoms with Crippen molar-refractivity contribution in [2.45, 2.75) is 38.9 Å². The number of benzene rings is 2. The van der Waals surface area contributed by atoms with Crippen LogP contribution in [0.5, 0.6) is 0 Å². The quantitative estimate of drug-likeness (QED) is 0.495. The van der Waals surface area contributed by atoms with Crippen LogP contribution in [0, 0.1) is 0 Å². The SMILES string of the molecule is CCCn1ccc2cc(NC(=O)C3Cc4ccccc4CN3C(=O)c3ccco3)ccc21. The number of amides is 2. The minimum atomic E-state index is -0.622. The minimum Gasteiger partial charge on any atom is -0.459 e. The number of rotatable bonds is 5. The number of nitrogens with one attached hydrogen (secondary N) is 1. The van der Waals surface area contributed by atoms with Crippen LogP contribution in [-0.4, -0.2) is 27.3 Å². The Morgan fingerprint density at radius 1 is 1.06 bits per heavy atom. The van der Waals surface area contributed by atoms with Gasteiger partial charge in [0.05, 0.1) is 6.26 Å². The van der Waals surface area contributed by atoms with E-state index in [0.29, 0.717) is 13.0 Å². The van der Waals surface area contributed by atoms with Crippen molar-refractivity contribution in [1.82, 2.24) is 9.47 Å². The number of hydrogen-bond donors (Lipinski definition) is 1. The second-order valence-corrected chi connectivity index (χ2v) is 8.17. The molecule has 6 heteroatoms. The van der Waals surface area contributed by atoms with Gasteiger partial charge >= 0.3 is 0 Å². The number of aryl methyl sites for hydroxylation is 1. The van der Waals surface area contributed by atoms with Gasteiger partial charge in [0.2, 0.25) is 5.91 Å². The first-order valence-electron chi connectivity index (χ1n) is 10.9. The van der Waals surface area contributed by atoms with Gasteiger partial charge in [0, 0.05) is 42.3 Å². The number of anilines is 1. The third-order valence-corrected chi connectivity index (χ3v) is 6.05. The minimum absolute atomic E-state index is 0.202. The van der Waals surface area contributed by atoms with E-state index in [1.807, 2.05) is 42.5 Å². The van der Waals surface area contributed by atoms with E-state index in [4.69, 9.17) is 4.42 Å². The van der Waals surface area contributed by atoms with Crippen molar-refractivity contribution in [2.75, 3.05) is 5.32 Å². The van der Waals surface area contributed by atoms with Crippen LogP contribution >= 0.6 is 0 Å². The van der Waals surface area contributed by atoms with E-state index in [1.54, 1.807) is 17.0 Å². The lowest BCUT2D eigenvalue weighted by Crippen LogP contribution is -2.50. The van der Waals surface area contributed by atoms with Crippen molar-refractivity contribution >= 4 is 28.4 Å². The fraction of sp³-hybridized carbons (Fsp3) is 0.231. The lowest BCUT2D eigenvalue weighted by molar-refractivity contribution is -0.121. The number of aromatic nitrogens is 1. The molecule has 0 aliphatic carbocycles. The van der Waals surface area contributed by atoms with Gasteiger partial charge in [0.25, 0.3) is 5.91 Å². The van der Waals surface area contributed by atoms with E-state index in [-0.39, 0.29) is 17.6 Å². The zero-order valence-electron chi connectivity index (χ0n) is 18.0. The average molecular weight is 428 g/mol. The third-order valence-electron chi connectivity index (χ3n) is 6.05. The Morgan fingerprint density at radius 3 is 2.69 bits per heavy atom. The molecule has 2 aromatic heterocycles. The molecule has 1 aliphatic heterocycles. The molecular formula is C26H25N3O3. The molecule has 0 spiro atoms. The first-order chi connectivity index (χ1) is 15.6. The molecule has 4 aromatic rings. The highest BCUT2D eigenvalue weighted by molar-refractivity contribution is 6.01. The van der Waals surface area contributed by atoms with Gasteiger partial charge in [-0.3, -0.25) is 9.59 Å². The zero-order chi connectivity index (χ0) is 22.1. The molecule has 2 amide bonds. The summed E-state index contributed by atoms with van der Waals surface area (Å²) < 4.78 is 7.54. The molecule has 0 bridgehead atoms. The van der Waals surface area contributed by atoms with Crippen molar-refractivity contribution in [2.24, 2.45) is 0 Å². The number of furan rings is 1. The fourth-order valence-corrected chi connectivity index (χ4v) is 4.45. The van der Waals surface area contributed by atoms with Crippen LogP contribution in [0.4, 0.5) is 5.69 Å².